The normalized spacial score (nSPS) is 17.6. The van der Waals surface area contributed by atoms with Gasteiger partial charge in [0, 0.05) is 18.0 Å². The van der Waals surface area contributed by atoms with Gasteiger partial charge in [0.1, 0.15) is 11.9 Å². The summed E-state index contributed by atoms with van der Waals surface area (Å²) in [7, 11) is 2.18. The molecule has 4 rings (SSSR count). The van der Waals surface area contributed by atoms with Crippen LogP contribution in [0.15, 0.2) is 53.4 Å². The van der Waals surface area contributed by atoms with Crippen LogP contribution in [-0.4, -0.2) is 47.4 Å². The first-order valence-electron chi connectivity index (χ1n) is 9.15. The minimum Gasteiger partial charge on any atom is -0.362 e. The Hall–Kier alpha value is -1.82. The van der Waals surface area contributed by atoms with Gasteiger partial charge < -0.3 is 14.6 Å². The van der Waals surface area contributed by atoms with Gasteiger partial charge in [0.05, 0.1) is 17.1 Å². The summed E-state index contributed by atoms with van der Waals surface area (Å²) in [6, 6.07) is 16.8. The highest BCUT2D eigenvalue weighted by Gasteiger charge is 2.26. The van der Waals surface area contributed by atoms with Crippen LogP contribution in [0.5, 0.6) is 0 Å². The second kappa shape index (κ2) is 7.82. The van der Waals surface area contributed by atoms with E-state index in [-0.39, 0.29) is 12.2 Å². The molecular weight excluding hydrogens is 342 g/mol. The molecule has 5 heteroatoms. The molecule has 1 fully saturated rings. The smallest absolute Gasteiger partial charge is 0.141 e. The van der Waals surface area contributed by atoms with Crippen LogP contribution in [0.2, 0.25) is 0 Å². The van der Waals surface area contributed by atoms with Gasteiger partial charge in [-0.2, -0.15) is 0 Å². The Kier molecular flexibility index (Phi) is 5.29. The molecule has 0 saturated carbocycles. The minimum atomic E-state index is -0.164. The summed E-state index contributed by atoms with van der Waals surface area (Å²) in [6.07, 6.45) is 4.34. The van der Waals surface area contributed by atoms with Crippen molar-refractivity contribution in [2.24, 2.45) is 0 Å². The molecule has 1 aromatic heterocycles. The third-order valence-corrected chi connectivity index (χ3v) is 5.77. The number of fused-ring (bicyclic) bond motifs is 1. The van der Waals surface area contributed by atoms with E-state index in [9.17, 15) is 0 Å². The van der Waals surface area contributed by atoms with Crippen molar-refractivity contribution in [3.05, 3.63) is 59.9 Å². The lowest BCUT2D eigenvalue weighted by atomic mass is 10.1. The van der Waals surface area contributed by atoms with Crippen molar-refractivity contribution in [1.82, 2.24) is 14.9 Å². The van der Waals surface area contributed by atoms with Crippen molar-refractivity contribution in [1.29, 1.82) is 0 Å². The Morgan fingerprint density at radius 3 is 2.73 bits per heavy atom. The topological polar surface area (TPSA) is 41.1 Å². The number of nitrogens with zero attached hydrogens (tertiary/aromatic N) is 2. The maximum atomic E-state index is 6.61. The number of rotatable bonds is 5. The second-order valence-electron chi connectivity index (χ2n) is 6.93. The molecule has 1 atom stereocenters. The molecular formula is C21H25N3OS. The maximum absolute atomic E-state index is 6.61. The fourth-order valence-corrected chi connectivity index (χ4v) is 3.98. The average Bonchev–Trinajstić information content (AvgIpc) is 3.11. The van der Waals surface area contributed by atoms with Crippen LogP contribution in [0.25, 0.3) is 11.0 Å². The van der Waals surface area contributed by atoms with Gasteiger partial charge in [0.15, 0.2) is 0 Å². The first kappa shape index (κ1) is 17.6. The van der Waals surface area contributed by atoms with Crippen molar-refractivity contribution in [3.8, 4) is 0 Å². The van der Waals surface area contributed by atoms with Crippen LogP contribution in [-0.2, 0) is 4.74 Å². The van der Waals surface area contributed by atoms with E-state index in [2.05, 4.69) is 53.5 Å². The molecule has 0 spiro atoms. The first-order chi connectivity index (χ1) is 12.7. The number of nitrogens with one attached hydrogen (secondary N) is 1. The fourth-order valence-electron chi connectivity index (χ4n) is 3.52. The molecule has 1 saturated heterocycles. The van der Waals surface area contributed by atoms with Gasteiger partial charge in [-0.3, -0.25) is 0 Å². The zero-order chi connectivity index (χ0) is 17.9. The average molecular weight is 368 g/mol. The third-order valence-electron chi connectivity index (χ3n) is 5.05. The van der Waals surface area contributed by atoms with Crippen molar-refractivity contribution >= 4 is 22.8 Å². The molecule has 1 aliphatic rings. The van der Waals surface area contributed by atoms with Crippen LogP contribution in [0, 0.1) is 0 Å². The molecule has 0 aliphatic carbocycles. The SMILES string of the molecule is CSc1cccc(C(OC2CCN(C)CC2)c2nc3ccccc3[nH]2)c1. The highest BCUT2D eigenvalue weighted by atomic mass is 32.2. The lowest BCUT2D eigenvalue weighted by Gasteiger charge is -2.31. The van der Waals surface area contributed by atoms with E-state index in [1.54, 1.807) is 11.8 Å². The summed E-state index contributed by atoms with van der Waals surface area (Å²) in [5.74, 6) is 0.892. The van der Waals surface area contributed by atoms with Gasteiger partial charge in [-0.1, -0.05) is 24.3 Å². The number of benzene rings is 2. The number of aromatic nitrogens is 2. The summed E-state index contributed by atoms with van der Waals surface area (Å²) in [5.41, 5.74) is 3.20. The fraction of sp³-hybridized carbons (Fsp3) is 0.381. The van der Waals surface area contributed by atoms with Crippen LogP contribution < -0.4 is 0 Å². The van der Waals surface area contributed by atoms with Gasteiger partial charge in [0.25, 0.3) is 0 Å². The van der Waals surface area contributed by atoms with Gasteiger partial charge in [-0.15, -0.1) is 11.8 Å². The summed E-state index contributed by atoms with van der Waals surface area (Å²) >= 11 is 1.75. The third kappa shape index (κ3) is 3.80. The molecule has 4 nitrogen and oxygen atoms in total. The van der Waals surface area contributed by atoms with E-state index in [1.165, 1.54) is 4.90 Å². The Morgan fingerprint density at radius 2 is 1.96 bits per heavy atom. The first-order valence-corrected chi connectivity index (χ1v) is 10.4. The molecule has 0 radical (unpaired) electrons. The molecule has 2 heterocycles. The molecule has 1 N–H and O–H groups in total. The van der Waals surface area contributed by atoms with Crippen molar-refractivity contribution in [2.45, 2.75) is 29.9 Å². The monoisotopic (exact) mass is 367 g/mol. The summed E-state index contributed by atoms with van der Waals surface area (Å²) < 4.78 is 6.61. The predicted octanol–water partition coefficient (Wildman–Crippen LogP) is 4.49. The molecule has 3 aromatic rings. The molecule has 0 bridgehead atoms. The standard InChI is InChI=1S/C21H25N3OS/c1-24-12-10-16(11-13-24)25-20(15-6-5-7-17(14-15)26-2)21-22-18-8-3-4-9-19(18)23-21/h3-9,14,16,20H,10-13H2,1-2H3,(H,22,23). The molecule has 0 amide bonds. The number of thioether (sulfide) groups is 1. The van der Waals surface area contributed by atoms with Crippen molar-refractivity contribution in [3.63, 3.8) is 0 Å². The summed E-state index contributed by atoms with van der Waals surface area (Å²) in [5, 5.41) is 0. The zero-order valence-electron chi connectivity index (χ0n) is 15.3. The number of likely N-dealkylation sites (tertiary alicyclic amines) is 1. The van der Waals surface area contributed by atoms with E-state index in [4.69, 9.17) is 9.72 Å². The highest BCUT2D eigenvalue weighted by molar-refractivity contribution is 7.98. The highest BCUT2D eigenvalue weighted by Crippen LogP contribution is 2.31. The van der Waals surface area contributed by atoms with E-state index in [0.717, 1.165) is 48.4 Å². The number of piperidine rings is 1. The van der Waals surface area contributed by atoms with Crippen LogP contribution in [0.1, 0.15) is 30.3 Å². The molecule has 2 aromatic carbocycles. The number of hydrogen-bond acceptors (Lipinski definition) is 4. The van der Waals surface area contributed by atoms with Crippen molar-refractivity contribution in [2.75, 3.05) is 26.4 Å². The summed E-state index contributed by atoms with van der Waals surface area (Å²) in [6.45, 7) is 2.17. The van der Waals surface area contributed by atoms with Crippen LogP contribution in [0.4, 0.5) is 0 Å². The van der Waals surface area contributed by atoms with E-state index < -0.39 is 0 Å². The van der Waals surface area contributed by atoms with E-state index >= 15 is 0 Å². The van der Waals surface area contributed by atoms with E-state index in [1.807, 2.05) is 18.2 Å². The lowest BCUT2D eigenvalue weighted by Crippen LogP contribution is -2.35. The Labute approximate surface area is 159 Å². The number of hydrogen-bond donors (Lipinski definition) is 1. The second-order valence-corrected chi connectivity index (χ2v) is 7.81. The minimum absolute atomic E-state index is 0.164. The lowest BCUT2D eigenvalue weighted by molar-refractivity contribution is -0.0264. The molecule has 26 heavy (non-hydrogen) atoms. The summed E-state index contributed by atoms with van der Waals surface area (Å²) in [4.78, 5) is 11.9. The number of H-pyrrole nitrogens is 1. The van der Waals surface area contributed by atoms with E-state index in [0.29, 0.717) is 0 Å². The van der Waals surface area contributed by atoms with Crippen molar-refractivity contribution < 1.29 is 4.74 Å². The maximum Gasteiger partial charge on any atom is 0.141 e. The largest absolute Gasteiger partial charge is 0.362 e. The molecule has 1 unspecified atom stereocenters. The van der Waals surface area contributed by atoms with Crippen LogP contribution in [0.3, 0.4) is 0 Å². The Bertz CT molecular complexity index is 837. The van der Waals surface area contributed by atoms with Gasteiger partial charge >= 0.3 is 0 Å². The molecule has 136 valence electrons. The van der Waals surface area contributed by atoms with Crippen LogP contribution >= 0.6 is 11.8 Å². The number of para-hydroxylation sites is 2. The zero-order valence-corrected chi connectivity index (χ0v) is 16.1. The quantitative estimate of drug-likeness (QED) is 0.675. The number of imidazole rings is 1. The van der Waals surface area contributed by atoms with Gasteiger partial charge in [-0.05, 0) is 56.0 Å². The van der Waals surface area contributed by atoms with Gasteiger partial charge in [0.2, 0.25) is 0 Å². The predicted molar refractivity (Wildman–Crippen MR) is 108 cm³/mol. The Balaban J connectivity index is 1.68. The molecule has 1 aliphatic heterocycles. The number of aromatic amines is 1. The Morgan fingerprint density at radius 1 is 1.15 bits per heavy atom. The number of ether oxygens (including phenoxy) is 1. The van der Waals surface area contributed by atoms with Gasteiger partial charge in [-0.25, -0.2) is 4.98 Å².